The average molecular weight is 742 g/mol. The number of nitrogens with zero attached hydrogens (tertiary/aromatic N) is 8. The number of carbonyl (C=O) groups is 2. The number of hydrogen-bond donors (Lipinski definition) is 2. The summed E-state index contributed by atoms with van der Waals surface area (Å²) in [5.41, 5.74) is -0.0851. The number of aryl methyl sites for hydroxylation is 1. The molecule has 3 aromatic heterocycles. The molecule has 7 rings (SSSR count). The number of amides is 2. The zero-order valence-corrected chi connectivity index (χ0v) is 29.2. The van der Waals surface area contributed by atoms with E-state index in [0.29, 0.717) is 49.6 Å². The van der Waals surface area contributed by atoms with Gasteiger partial charge in [-0.05, 0) is 44.4 Å². The van der Waals surface area contributed by atoms with Gasteiger partial charge in [0.25, 0.3) is 5.91 Å². The smallest absolute Gasteiger partial charge is 0.416 e. The van der Waals surface area contributed by atoms with Crippen LogP contribution in [-0.2, 0) is 28.7 Å². The first-order valence-corrected chi connectivity index (χ1v) is 17.1. The lowest BCUT2D eigenvalue weighted by molar-refractivity contribution is -0.137. The fourth-order valence-electron chi connectivity index (χ4n) is 7.13. The SMILES string of the molecule is CCc1c(N2CCN(C(=O)c3ncnc(C)c3O)[C@H]3CC[C@@H]32)c(=O)c2nc(N3CC(OC)C3)cnc2n1CC(=O)Nc1ccc(C(F)(F)F)cc1Cl. The molecule has 3 fully saturated rings. The number of carbonyl (C=O) groups excluding carboxylic acids is 2. The van der Waals surface area contributed by atoms with E-state index in [4.69, 9.17) is 21.3 Å². The molecule has 52 heavy (non-hydrogen) atoms. The van der Waals surface area contributed by atoms with E-state index in [9.17, 15) is 32.7 Å². The Balaban J connectivity index is 1.26. The van der Waals surface area contributed by atoms with Gasteiger partial charge in [-0.25, -0.2) is 19.9 Å². The summed E-state index contributed by atoms with van der Waals surface area (Å²) < 4.78 is 46.7. The molecule has 2 aliphatic heterocycles. The highest BCUT2D eigenvalue weighted by atomic mass is 35.5. The Kier molecular flexibility index (Phi) is 9.19. The van der Waals surface area contributed by atoms with Gasteiger partial charge in [0.05, 0.1) is 40.3 Å². The van der Waals surface area contributed by atoms with Gasteiger partial charge in [0, 0.05) is 45.0 Å². The quantitative estimate of drug-likeness (QED) is 0.271. The van der Waals surface area contributed by atoms with Crippen LogP contribution in [0.1, 0.15) is 47.2 Å². The maximum atomic E-state index is 14.5. The molecule has 14 nitrogen and oxygen atoms in total. The molecule has 2 amide bonds. The number of piperazine rings is 1. The molecule has 1 saturated carbocycles. The zero-order valence-electron chi connectivity index (χ0n) is 28.4. The fraction of sp³-hybridized carbons (Fsp3) is 0.441. The Hall–Kier alpha value is -5.03. The van der Waals surface area contributed by atoms with Crippen LogP contribution in [0.5, 0.6) is 5.75 Å². The molecule has 1 aromatic carbocycles. The average Bonchev–Trinajstić information content (AvgIpc) is 3.07. The van der Waals surface area contributed by atoms with Crippen molar-refractivity contribution < 1.29 is 32.6 Å². The number of rotatable bonds is 8. The van der Waals surface area contributed by atoms with Crippen molar-refractivity contribution in [3.8, 4) is 5.75 Å². The second-order valence-electron chi connectivity index (χ2n) is 13.0. The summed E-state index contributed by atoms with van der Waals surface area (Å²) in [5.74, 6) is -0.846. The summed E-state index contributed by atoms with van der Waals surface area (Å²) in [6.07, 6.45) is -0.189. The van der Waals surface area contributed by atoms with Gasteiger partial charge in [0.15, 0.2) is 22.6 Å². The van der Waals surface area contributed by atoms with Crippen molar-refractivity contribution in [2.24, 2.45) is 0 Å². The van der Waals surface area contributed by atoms with E-state index in [1.54, 1.807) is 23.5 Å². The third-order valence-electron chi connectivity index (χ3n) is 10.1. The van der Waals surface area contributed by atoms with E-state index < -0.39 is 23.6 Å². The number of hydrogen-bond acceptors (Lipinski definition) is 11. The van der Waals surface area contributed by atoms with E-state index in [1.807, 2.05) is 16.7 Å². The maximum absolute atomic E-state index is 14.5. The first-order chi connectivity index (χ1) is 24.8. The Morgan fingerprint density at radius 2 is 1.87 bits per heavy atom. The molecular formula is C34H35ClF3N9O5. The summed E-state index contributed by atoms with van der Waals surface area (Å²) in [4.78, 5) is 64.7. The molecule has 4 aromatic rings. The van der Waals surface area contributed by atoms with Gasteiger partial charge in [-0.15, -0.1) is 0 Å². The molecule has 2 atom stereocenters. The maximum Gasteiger partial charge on any atom is 0.416 e. The molecule has 0 radical (unpaired) electrons. The largest absolute Gasteiger partial charge is 0.504 e. The fourth-order valence-corrected chi connectivity index (χ4v) is 7.36. The Morgan fingerprint density at radius 3 is 2.52 bits per heavy atom. The van der Waals surface area contributed by atoms with Crippen LogP contribution >= 0.6 is 11.6 Å². The van der Waals surface area contributed by atoms with Gasteiger partial charge in [-0.2, -0.15) is 13.2 Å². The van der Waals surface area contributed by atoms with Crippen molar-refractivity contribution in [1.29, 1.82) is 0 Å². The number of pyridine rings is 1. The Bertz CT molecular complexity index is 2140. The number of aromatic hydroxyl groups is 1. The number of aromatic nitrogens is 5. The summed E-state index contributed by atoms with van der Waals surface area (Å²) >= 11 is 6.14. The molecule has 1 aliphatic carbocycles. The van der Waals surface area contributed by atoms with Gasteiger partial charge in [0.2, 0.25) is 11.3 Å². The minimum Gasteiger partial charge on any atom is -0.504 e. The lowest BCUT2D eigenvalue weighted by Gasteiger charge is -2.54. The third-order valence-corrected chi connectivity index (χ3v) is 10.4. The number of halogens is 4. The van der Waals surface area contributed by atoms with Crippen LogP contribution < -0.4 is 20.5 Å². The number of fused-ring (bicyclic) bond motifs is 2. The molecule has 2 N–H and O–H groups in total. The first-order valence-electron chi connectivity index (χ1n) is 16.8. The van der Waals surface area contributed by atoms with E-state index in [0.717, 1.165) is 18.2 Å². The van der Waals surface area contributed by atoms with E-state index in [-0.39, 0.29) is 82.3 Å². The van der Waals surface area contributed by atoms with Crippen LogP contribution in [0, 0.1) is 6.92 Å². The topological polar surface area (TPSA) is 159 Å². The number of benzene rings is 1. The van der Waals surface area contributed by atoms with E-state index in [1.165, 1.54) is 12.5 Å². The van der Waals surface area contributed by atoms with Crippen molar-refractivity contribution in [3.63, 3.8) is 0 Å². The molecule has 0 unspecified atom stereocenters. The van der Waals surface area contributed by atoms with Gasteiger partial charge in [0.1, 0.15) is 24.4 Å². The summed E-state index contributed by atoms with van der Waals surface area (Å²) in [6.45, 7) is 4.69. The van der Waals surface area contributed by atoms with Crippen molar-refractivity contribution >= 4 is 51.8 Å². The van der Waals surface area contributed by atoms with E-state index >= 15 is 0 Å². The number of ether oxygens (including phenoxy) is 1. The van der Waals surface area contributed by atoms with Crippen LogP contribution in [0.15, 0.2) is 35.5 Å². The molecule has 2 saturated heterocycles. The number of nitrogens with one attached hydrogen (secondary N) is 1. The van der Waals surface area contributed by atoms with Crippen LogP contribution in [0.4, 0.5) is 30.4 Å². The number of anilines is 3. The minimum absolute atomic E-state index is 0.00911. The predicted octanol–water partition coefficient (Wildman–Crippen LogP) is 3.80. The summed E-state index contributed by atoms with van der Waals surface area (Å²) in [6, 6.07) is 2.13. The predicted molar refractivity (Wildman–Crippen MR) is 185 cm³/mol. The van der Waals surface area contributed by atoms with Gasteiger partial charge < -0.3 is 34.4 Å². The standard InChI is InChI=1S/C34H35ClF3N9O5/c1-4-22-29(45-9-10-46(24-8-7-23(24)45)33(51)28-30(49)17(2)40-16-41-28)31(50)27-32(39-12-25(43-27)44-13-19(14-44)52-3)47(22)15-26(48)42-21-6-5-18(11-20(21)35)34(36,37)38/h5-6,11-12,16,19,23-24,49H,4,7-10,13-15H2,1-3H3,(H,42,48)/t23-,24-/m0/s1. The summed E-state index contributed by atoms with van der Waals surface area (Å²) in [7, 11) is 1.62. The van der Waals surface area contributed by atoms with Gasteiger partial charge in [-0.3, -0.25) is 14.4 Å². The second kappa shape index (κ2) is 13.5. The van der Waals surface area contributed by atoms with Crippen LogP contribution in [0.3, 0.4) is 0 Å². The molecule has 18 heteroatoms. The van der Waals surface area contributed by atoms with Gasteiger partial charge in [-0.1, -0.05) is 18.5 Å². The zero-order chi connectivity index (χ0) is 37.1. The van der Waals surface area contributed by atoms with Crippen molar-refractivity contribution in [1.82, 2.24) is 29.4 Å². The van der Waals surface area contributed by atoms with Gasteiger partial charge >= 0.3 is 6.18 Å². The van der Waals surface area contributed by atoms with Crippen LogP contribution in [0.2, 0.25) is 5.02 Å². The monoisotopic (exact) mass is 741 g/mol. The molecule has 0 spiro atoms. The van der Waals surface area contributed by atoms with Crippen molar-refractivity contribution in [2.75, 3.05) is 48.4 Å². The molecule has 0 bridgehead atoms. The molecule has 3 aliphatic rings. The highest BCUT2D eigenvalue weighted by Gasteiger charge is 2.47. The molecule has 274 valence electrons. The van der Waals surface area contributed by atoms with Crippen molar-refractivity contribution in [3.05, 3.63) is 68.6 Å². The summed E-state index contributed by atoms with van der Waals surface area (Å²) in [5, 5.41) is 12.8. The lowest BCUT2D eigenvalue weighted by Crippen LogP contribution is -2.67. The Morgan fingerprint density at radius 1 is 1.12 bits per heavy atom. The Labute approximate surface area is 300 Å². The lowest BCUT2D eigenvalue weighted by atomic mass is 9.81. The first kappa shape index (κ1) is 35.4. The minimum atomic E-state index is -4.61. The molecule has 5 heterocycles. The highest BCUT2D eigenvalue weighted by molar-refractivity contribution is 6.33. The number of alkyl halides is 3. The number of methoxy groups -OCH3 is 1. The normalized spacial score (nSPS) is 18.9. The second-order valence-corrected chi connectivity index (χ2v) is 13.4. The van der Waals surface area contributed by atoms with Crippen LogP contribution in [-0.4, -0.2) is 97.8 Å². The van der Waals surface area contributed by atoms with E-state index in [2.05, 4.69) is 20.3 Å². The van der Waals surface area contributed by atoms with Crippen LogP contribution in [0.25, 0.3) is 11.2 Å². The molecular weight excluding hydrogens is 707 g/mol. The van der Waals surface area contributed by atoms with Crippen molar-refractivity contribution in [2.45, 2.75) is 64.0 Å². The highest BCUT2D eigenvalue weighted by Crippen LogP contribution is 2.39. The third kappa shape index (κ3) is 6.14.